The lowest BCUT2D eigenvalue weighted by atomic mass is 10.1. The Bertz CT molecular complexity index is 308. The molecule has 0 bridgehead atoms. The molecule has 0 aromatic heterocycles. The van der Waals surface area contributed by atoms with Crippen molar-refractivity contribution in [3.8, 4) is 5.75 Å². The van der Waals surface area contributed by atoms with Crippen molar-refractivity contribution in [2.24, 2.45) is 5.73 Å². The normalized spacial score (nSPS) is 12.6. The van der Waals surface area contributed by atoms with Crippen molar-refractivity contribution >= 4 is 0 Å². The third-order valence-corrected chi connectivity index (χ3v) is 1.83. The standard InChI is InChI=1S/C9H11F2NO2/c1-14-9-6(10)2-5(3-7(9)11)8(13)4-12/h2-3,8,13H,4,12H2,1H3/t8-/m1/s1. The Labute approximate surface area is 80.1 Å². The van der Waals surface area contributed by atoms with Gasteiger partial charge in [0.2, 0.25) is 0 Å². The van der Waals surface area contributed by atoms with E-state index in [2.05, 4.69) is 4.74 Å². The first-order chi connectivity index (χ1) is 6.60. The molecule has 1 rings (SSSR count). The number of rotatable bonds is 3. The Morgan fingerprint density at radius 3 is 2.29 bits per heavy atom. The lowest BCUT2D eigenvalue weighted by Crippen LogP contribution is -2.12. The lowest BCUT2D eigenvalue weighted by Gasteiger charge is -2.10. The predicted molar refractivity (Wildman–Crippen MR) is 46.9 cm³/mol. The molecule has 1 aromatic rings. The van der Waals surface area contributed by atoms with Crippen LogP contribution >= 0.6 is 0 Å². The Kier molecular flexibility index (Phi) is 3.38. The van der Waals surface area contributed by atoms with Crippen LogP contribution in [0.25, 0.3) is 0 Å². The molecular weight excluding hydrogens is 192 g/mol. The molecule has 0 saturated carbocycles. The molecule has 0 aliphatic heterocycles. The van der Waals surface area contributed by atoms with Crippen LogP contribution in [-0.4, -0.2) is 18.8 Å². The summed E-state index contributed by atoms with van der Waals surface area (Å²) < 4.78 is 30.7. The fourth-order valence-electron chi connectivity index (χ4n) is 1.10. The van der Waals surface area contributed by atoms with Crippen molar-refractivity contribution in [2.45, 2.75) is 6.10 Å². The largest absolute Gasteiger partial charge is 0.491 e. The minimum Gasteiger partial charge on any atom is -0.491 e. The van der Waals surface area contributed by atoms with Crippen LogP contribution < -0.4 is 10.5 Å². The van der Waals surface area contributed by atoms with Crippen molar-refractivity contribution in [3.63, 3.8) is 0 Å². The van der Waals surface area contributed by atoms with Gasteiger partial charge in [-0.15, -0.1) is 0 Å². The lowest BCUT2D eigenvalue weighted by molar-refractivity contribution is 0.185. The molecule has 3 N–H and O–H groups in total. The maximum Gasteiger partial charge on any atom is 0.190 e. The molecule has 1 aromatic carbocycles. The number of hydrogen-bond acceptors (Lipinski definition) is 3. The quantitative estimate of drug-likeness (QED) is 0.769. The summed E-state index contributed by atoms with van der Waals surface area (Å²) in [5.74, 6) is -2.16. The van der Waals surface area contributed by atoms with Crippen LogP contribution in [0.4, 0.5) is 8.78 Å². The predicted octanol–water partition coefficient (Wildman–Crippen LogP) is 0.966. The van der Waals surface area contributed by atoms with E-state index in [1.165, 1.54) is 7.11 Å². The van der Waals surface area contributed by atoms with E-state index in [0.29, 0.717) is 0 Å². The molecule has 0 fully saturated rings. The monoisotopic (exact) mass is 203 g/mol. The van der Waals surface area contributed by atoms with Crippen LogP contribution in [-0.2, 0) is 0 Å². The first-order valence-electron chi connectivity index (χ1n) is 4.01. The van der Waals surface area contributed by atoms with Gasteiger partial charge < -0.3 is 15.6 Å². The molecule has 5 heteroatoms. The molecule has 0 saturated heterocycles. The number of aliphatic hydroxyl groups excluding tert-OH is 1. The minimum atomic E-state index is -1.06. The maximum absolute atomic E-state index is 13.1. The average Bonchev–Trinajstić information content (AvgIpc) is 2.16. The van der Waals surface area contributed by atoms with E-state index in [-0.39, 0.29) is 12.1 Å². The summed E-state index contributed by atoms with van der Waals surface area (Å²) >= 11 is 0. The second-order valence-electron chi connectivity index (χ2n) is 2.77. The van der Waals surface area contributed by atoms with E-state index in [9.17, 15) is 13.9 Å². The van der Waals surface area contributed by atoms with Crippen LogP contribution in [0, 0.1) is 11.6 Å². The molecular formula is C9H11F2NO2. The second-order valence-corrected chi connectivity index (χ2v) is 2.77. The number of aliphatic hydroxyl groups is 1. The van der Waals surface area contributed by atoms with Crippen molar-refractivity contribution in [2.75, 3.05) is 13.7 Å². The van der Waals surface area contributed by atoms with Crippen LogP contribution in [0.1, 0.15) is 11.7 Å². The second kappa shape index (κ2) is 4.34. The first kappa shape index (κ1) is 10.9. The number of methoxy groups -OCH3 is 1. The Morgan fingerprint density at radius 2 is 1.93 bits per heavy atom. The highest BCUT2D eigenvalue weighted by Crippen LogP contribution is 2.25. The van der Waals surface area contributed by atoms with Crippen molar-refractivity contribution < 1.29 is 18.6 Å². The summed E-state index contributed by atoms with van der Waals surface area (Å²) in [5, 5.41) is 9.24. The average molecular weight is 203 g/mol. The van der Waals surface area contributed by atoms with Crippen LogP contribution in [0.3, 0.4) is 0 Å². The van der Waals surface area contributed by atoms with Gasteiger partial charge in [0, 0.05) is 6.54 Å². The zero-order valence-corrected chi connectivity index (χ0v) is 7.63. The number of nitrogens with two attached hydrogens (primary N) is 1. The Balaban J connectivity index is 3.13. The fourth-order valence-corrected chi connectivity index (χ4v) is 1.10. The summed E-state index contributed by atoms with van der Waals surface area (Å²) in [6.07, 6.45) is -1.06. The third-order valence-electron chi connectivity index (χ3n) is 1.83. The van der Waals surface area contributed by atoms with E-state index in [0.717, 1.165) is 12.1 Å². The molecule has 14 heavy (non-hydrogen) atoms. The van der Waals surface area contributed by atoms with E-state index in [1.807, 2.05) is 0 Å². The summed E-state index contributed by atoms with van der Waals surface area (Å²) in [6.45, 7) is -0.0921. The van der Waals surface area contributed by atoms with Gasteiger partial charge in [0.1, 0.15) is 0 Å². The van der Waals surface area contributed by atoms with Crippen LogP contribution in [0.5, 0.6) is 5.75 Å². The maximum atomic E-state index is 13.1. The van der Waals surface area contributed by atoms with Crippen molar-refractivity contribution in [3.05, 3.63) is 29.3 Å². The van der Waals surface area contributed by atoms with Gasteiger partial charge >= 0.3 is 0 Å². The van der Waals surface area contributed by atoms with Gasteiger partial charge in [0.25, 0.3) is 0 Å². The molecule has 0 unspecified atom stereocenters. The molecule has 1 atom stereocenters. The molecule has 78 valence electrons. The molecule has 0 spiro atoms. The Hall–Kier alpha value is -1.20. The number of ether oxygens (including phenoxy) is 1. The Morgan fingerprint density at radius 1 is 1.43 bits per heavy atom. The third kappa shape index (κ3) is 2.00. The zero-order chi connectivity index (χ0) is 10.7. The highest BCUT2D eigenvalue weighted by atomic mass is 19.1. The number of hydrogen-bond donors (Lipinski definition) is 2. The molecule has 0 heterocycles. The van der Waals surface area contributed by atoms with E-state index >= 15 is 0 Å². The molecule has 0 aliphatic rings. The number of benzene rings is 1. The summed E-state index contributed by atoms with van der Waals surface area (Å²) in [4.78, 5) is 0. The summed E-state index contributed by atoms with van der Waals surface area (Å²) in [5.41, 5.74) is 5.25. The van der Waals surface area contributed by atoms with Gasteiger partial charge in [-0.25, -0.2) is 8.78 Å². The molecule has 0 radical (unpaired) electrons. The van der Waals surface area contributed by atoms with Gasteiger partial charge in [-0.2, -0.15) is 0 Å². The topological polar surface area (TPSA) is 55.5 Å². The van der Waals surface area contributed by atoms with E-state index in [1.54, 1.807) is 0 Å². The van der Waals surface area contributed by atoms with Gasteiger partial charge in [-0.05, 0) is 17.7 Å². The van der Waals surface area contributed by atoms with Gasteiger partial charge in [-0.1, -0.05) is 0 Å². The smallest absolute Gasteiger partial charge is 0.190 e. The summed E-state index contributed by atoms with van der Waals surface area (Å²) in [6, 6.07) is 2.00. The molecule has 0 aliphatic carbocycles. The van der Waals surface area contributed by atoms with Gasteiger partial charge in [0.05, 0.1) is 13.2 Å². The van der Waals surface area contributed by atoms with E-state index in [4.69, 9.17) is 5.73 Å². The summed E-state index contributed by atoms with van der Waals surface area (Å²) in [7, 11) is 1.17. The highest BCUT2D eigenvalue weighted by molar-refractivity contribution is 5.32. The molecule has 0 amide bonds. The van der Waals surface area contributed by atoms with Crippen LogP contribution in [0.15, 0.2) is 12.1 Å². The zero-order valence-electron chi connectivity index (χ0n) is 7.63. The highest BCUT2D eigenvalue weighted by Gasteiger charge is 2.14. The first-order valence-corrected chi connectivity index (χ1v) is 4.01. The van der Waals surface area contributed by atoms with E-state index < -0.39 is 23.5 Å². The molecule has 3 nitrogen and oxygen atoms in total. The fraction of sp³-hybridized carbons (Fsp3) is 0.333. The van der Waals surface area contributed by atoms with Crippen molar-refractivity contribution in [1.82, 2.24) is 0 Å². The van der Waals surface area contributed by atoms with Crippen LogP contribution in [0.2, 0.25) is 0 Å². The minimum absolute atomic E-state index is 0.0921. The van der Waals surface area contributed by atoms with Gasteiger partial charge in [-0.3, -0.25) is 0 Å². The van der Waals surface area contributed by atoms with Gasteiger partial charge in [0.15, 0.2) is 17.4 Å². The van der Waals surface area contributed by atoms with Crippen molar-refractivity contribution in [1.29, 1.82) is 0 Å². The number of halogens is 2. The SMILES string of the molecule is COc1c(F)cc([C@H](O)CN)cc1F.